The van der Waals surface area contributed by atoms with Gasteiger partial charge in [0, 0.05) is 6.04 Å². The van der Waals surface area contributed by atoms with Crippen LogP contribution in [-0.4, -0.2) is 35.9 Å². The highest BCUT2D eigenvalue weighted by molar-refractivity contribution is 5.94. The lowest BCUT2D eigenvalue weighted by Crippen LogP contribution is -2.63. The molecule has 6 rings (SSSR count). The van der Waals surface area contributed by atoms with E-state index >= 15 is 0 Å². The average molecular weight is 396 g/mol. The fourth-order valence-corrected chi connectivity index (χ4v) is 6.04. The van der Waals surface area contributed by atoms with Gasteiger partial charge in [-0.1, -0.05) is 0 Å². The summed E-state index contributed by atoms with van der Waals surface area (Å²) in [5, 5.41) is 13.8. The van der Waals surface area contributed by atoms with Gasteiger partial charge in [-0.15, -0.1) is 0 Å². The molecule has 2 atom stereocenters. The van der Waals surface area contributed by atoms with Crippen molar-refractivity contribution >= 4 is 11.7 Å². The predicted molar refractivity (Wildman–Crippen MR) is 95.1 cm³/mol. The fourth-order valence-electron chi connectivity index (χ4n) is 6.04. The third kappa shape index (κ3) is 2.93. The molecule has 5 aliphatic rings. The lowest BCUT2D eigenvalue weighted by atomic mass is 9.52. The maximum atomic E-state index is 13.1. The number of halogens is 3. The van der Waals surface area contributed by atoms with Gasteiger partial charge in [0.05, 0.1) is 23.4 Å². The van der Waals surface area contributed by atoms with Gasteiger partial charge in [-0.05, 0) is 68.1 Å². The summed E-state index contributed by atoms with van der Waals surface area (Å²) in [5.74, 6) is 1.28. The van der Waals surface area contributed by atoms with E-state index in [0.29, 0.717) is 18.8 Å². The van der Waals surface area contributed by atoms with Crippen molar-refractivity contribution in [3.63, 3.8) is 0 Å². The van der Waals surface area contributed by atoms with Gasteiger partial charge in [0.25, 0.3) is 0 Å². The Kier molecular flexibility index (Phi) is 3.89. The minimum absolute atomic E-state index is 0.0265. The highest BCUT2D eigenvalue weighted by Crippen LogP contribution is 2.55. The SMILES string of the molecule is O=C(NC1C2CC3CC1CC(O)(C3)C2)N1CCOc2ccc(C(F)(F)F)cc21. The minimum atomic E-state index is -4.48. The van der Waals surface area contributed by atoms with E-state index < -0.39 is 17.3 Å². The summed E-state index contributed by atoms with van der Waals surface area (Å²) in [6.45, 7) is 0.444. The van der Waals surface area contributed by atoms with Crippen LogP contribution in [0.4, 0.5) is 23.7 Å². The number of anilines is 1. The van der Waals surface area contributed by atoms with Gasteiger partial charge < -0.3 is 15.2 Å². The van der Waals surface area contributed by atoms with Crippen molar-refractivity contribution in [2.45, 2.75) is 49.9 Å². The topological polar surface area (TPSA) is 61.8 Å². The quantitative estimate of drug-likeness (QED) is 0.763. The molecule has 28 heavy (non-hydrogen) atoms. The number of aliphatic hydroxyl groups is 1. The van der Waals surface area contributed by atoms with Gasteiger partial charge in [0.15, 0.2) is 0 Å². The van der Waals surface area contributed by atoms with Crippen LogP contribution in [0.5, 0.6) is 5.75 Å². The van der Waals surface area contributed by atoms with Crippen molar-refractivity contribution < 1.29 is 27.8 Å². The Labute approximate surface area is 160 Å². The first kappa shape index (κ1) is 18.1. The normalized spacial score (nSPS) is 36.1. The molecule has 152 valence electrons. The zero-order valence-electron chi connectivity index (χ0n) is 15.3. The Morgan fingerprint density at radius 1 is 1.21 bits per heavy atom. The molecule has 1 aromatic rings. The first-order valence-electron chi connectivity index (χ1n) is 9.86. The third-order valence-corrected chi connectivity index (χ3v) is 6.93. The molecule has 4 saturated carbocycles. The second kappa shape index (κ2) is 6.02. The van der Waals surface area contributed by atoms with Crippen molar-refractivity contribution in [1.29, 1.82) is 0 Å². The second-order valence-corrected chi connectivity index (χ2v) is 8.85. The average Bonchev–Trinajstić information content (AvgIpc) is 2.61. The molecular formula is C20H23F3N2O3. The predicted octanol–water partition coefficient (Wildman–Crippen LogP) is 3.55. The molecule has 4 fully saturated rings. The van der Waals surface area contributed by atoms with Crippen LogP contribution in [0.1, 0.15) is 37.7 Å². The van der Waals surface area contributed by atoms with Crippen molar-refractivity contribution in [2.24, 2.45) is 17.8 Å². The maximum Gasteiger partial charge on any atom is 0.416 e. The van der Waals surface area contributed by atoms with Crippen molar-refractivity contribution in [3.05, 3.63) is 23.8 Å². The Morgan fingerprint density at radius 3 is 2.57 bits per heavy atom. The van der Waals surface area contributed by atoms with Gasteiger partial charge in [-0.25, -0.2) is 4.79 Å². The summed E-state index contributed by atoms with van der Waals surface area (Å²) in [7, 11) is 0. The van der Waals surface area contributed by atoms with Crippen molar-refractivity contribution in [1.82, 2.24) is 5.32 Å². The van der Waals surface area contributed by atoms with E-state index in [1.807, 2.05) is 0 Å². The van der Waals surface area contributed by atoms with Crippen LogP contribution in [-0.2, 0) is 6.18 Å². The summed E-state index contributed by atoms with van der Waals surface area (Å²) in [6.07, 6.45) is -0.224. The molecule has 1 aliphatic heterocycles. The number of urea groups is 1. The molecule has 4 bridgehead atoms. The van der Waals surface area contributed by atoms with Gasteiger partial charge in [0.2, 0.25) is 0 Å². The number of hydrogen-bond donors (Lipinski definition) is 2. The molecule has 1 heterocycles. The molecule has 8 heteroatoms. The molecular weight excluding hydrogens is 373 g/mol. The number of benzene rings is 1. The summed E-state index contributed by atoms with van der Waals surface area (Å²) in [6, 6.07) is 2.82. The number of fused-ring (bicyclic) bond motifs is 1. The first-order chi connectivity index (χ1) is 13.2. The molecule has 0 spiro atoms. The Morgan fingerprint density at radius 2 is 1.93 bits per heavy atom. The highest BCUT2D eigenvalue weighted by atomic mass is 19.4. The van der Waals surface area contributed by atoms with E-state index in [9.17, 15) is 23.1 Å². The summed E-state index contributed by atoms with van der Waals surface area (Å²) in [5.41, 5.74) is -1.24. The summed E-state index contributed by atoms with van der Waals surface area (Å²) in [4.78, 5) is 14.4. The van der Waals surface area contributed by atoms with Crippen LogP contribution in [0.2, 0.25) is 0 Å². The van der Waals surface area contributed by atoms with E-state index in [2.05, 4.69) is 5.32 Å². The van der Waals surface area contributed by atoms with Crippen LogP contribution in [0.25, 0.3) is 0 Å². The molecule has 0 aromatic heterocycles. The number of amides is 2. The highest BCUT2D eigenvalue weighted by Gasteiger charge is 2.55. The molecule has 4 aliphatic carbocycles. The Balaban J connectivity index is 1.37. The molecule has 1 aromatic carbocycles. The smallest absolute Gasteiger partial charge is 0.416 e. The minimum Gasteiger partial charge on any atom is -0.490 e. The standard InChI is InChI=1S/C20H23F3N2O3/c21-20(22,23)14-1-2-16-15(7-14)25(3-4-28-16)18(26)24-17-12-5-11-6-13(17)10-19(27,8-11)9-12/h1-2,7,11-13,17,27H,3-6,8-10H2,(H,24,26). The number of nitrogens with zero attached hydrogens (tertiary/aromatic N) is 1. The number of nitrogens with one attached hydrogen (secondary N) is 1. The lowest BCUT2D eigenvalue weighted by molar-refractivity contribution is -0.137. The van der Waals surface area contributed by atoms with E-state index in [0.717, 1.165) is 31.4 Å². The van der Waals surface area contributed by atoms with Crippen molar-refractivity contribution in [3.8, 4) is 5.75 Å². The van der Waals surface area contributed by atoms with Gasteiger partial charge in [-0.3, -0.25) is 4.90 Å². The molecule has 2 unspecified atom stereocenters. The number of alkyl halides is 3. The van der Waals surface area contributed by atoms with E-state index in [-0.39, 0.29) is 48.5 Å². The Hall–Kier alpha value is -1.96. The zero-order valence-corrected chi connectivity index (χ0v) is 15.3. The molecule has 2 amide bonds. The van der Waals surface area contributed by atoms with Gasteiger partial charge in [0.1, 0.15) is 12.4 Å². The second-order valence-electron chi connectivity index (χ2n) is 8.85. The summed E-state index contributed by atoms with van der Waals surface area (Å²) < 4.78 is 44.8. The van der Waals surface area contributed by atoms with Crippen LogP contribution in [0.3, 0.4) is 0 Å². The van der Waals surface area contributed by atoms with E-state index in [4.69, 9.17) is 4.74 Å². The van der Waals surface area contributed by atoms with Crippen LogP contribution >= 0.6 is 0 Å². The molecule has 5 nitrogen and oxygen atoms in total. The largest absolute Gasteiger partial charge is 0.490 e. The number of hydrogen-bond acceptors (Lipinski definition) is 3. The monoisotopic (exact) mass is 396 g/mol. The molecule has 2 N–H and O–H groups in total. The number of carbonyl (C=O) groups is 1. The van der Waals surface area contributed by atoms with Crippen molar-refractivity contribution in [2.75, 3.05) is 18.1 Å². The number of rotatable bonds is 1. The summed E-state index contributed by atoms with van der Waals surface area (Å²) >= 11 is 0. The Bertz CT molecular complexity index is 796. The van der Waals surface area contributed by atoms with Crippen LogP contribution in [0, 0.1) is 17.8 Å². The van der Waals surface area contributed by atoms with E-state index in [1.54, 1.807) is 0 Å². The van der Waals surface area contributed by atoms with Gasteiger partial charge >= 0.3 is 12.2 Å². The maximum absolute atomic E-state index is 13.1. The van der Waals surface area contributed by atoms with Crippen LogP contribution in [0.15, 0.2) is 18.2 Å². The van der Waals surface area contributed by atoms with Crippen LogP contribution < -0.4 is 15.0 Å². The lowest BCUT2D eigenvalue weighted by Gasteiger charge is -2.58. The third-order valence-electron chi connectivity index (χ3n) is 6.93. The fraction of sp³-hybridized carbons (Fsp3) is 0.650. The van der Waals surface area contributed by atoms with E-state index in [1.165, 1.54) is 11.0 Å². The first-order valence-corrected chi connectivity index (χ1v) is 9.86. The molecule has 0 saturated heterocycles. The van der Waals surface area contributed by atoms with Gasteiger partial charge in [-0.2, -0.15) is 13.2 Å². The number of ether oxygens (including phenoxy) is 1. The molecule has 0 radical (unpaired) electrons. The zero-order chi connectivity index (χ0) is 19.7. The number of carbonyl (C=O) groups excluding carboxylic acids is 1.